The van der Waals surface area contributed by atoms with Gasteiger partial charge in [-0.1, -0.05) is 48.5 Å². The van der Waals surface area contributed by atoms with E-state index in [4.69, 9.17) is 10.00 Å². The van der Waals surface area contributed by atoms with Gasteiger partial charge >= 0.3 is 0 Å². The first-order valence-corrected chi connectivity index (χ1v) is 9.25. The normalized spacial score (nSPS) is 10.4. The van der Waals surface area contributed by atoms with Crippen LogP contribution in [0.2, 0.25) is 0 Å². The second-order valence-electron chi connectivity index (χ2n) is 6.35. The first-order valence-electron chi connectivity index (χ1n) is 9.25. The van der Waals surface area contributed by atoms with Crippen molar-refractivity contribution in [3.63, 3.8) is 0 Å². The van der Waals surface area contributed by atoms with Crippen molar-refractivity contribution < 1.29 is 9.53 Å². The molecular formula is C24H21N3O2. The molecular weight excluding hydrogens is 362 g/mol. The minimum absolute atomic E-state index is 0.0400. The Hall–Kier alpha value is -3.91. The third-order valence-electron chi connectivity index (χ3n) is 4.20. The summed E-state index contributed by atoms with van der Waals surface area (Å²) < 4.78 is 5.71. The average Bonchev–Trinajstić information content (AvgIpc) is 2.78. The van der Waals surface area contributed by atoms with Crippen LogP contribution in [0.5, 0.6) is 5.75 Å². The fourth-order valence-electron chi connectivity index (χ4n) is 2.69. The summed E-state index contributed by atoms with van der Waals surface area (Å²) in [7, 11) is 0. The van der Waals surface area contributed by atoms with Gasteiger partial charge in [0.05, 0.1) is 11.8 Å². The minimum Gasteiger partial charge on any atom is -0.487 e. The van der Waals surface area contributed by atoms with Crippen LogP contribution >= 0.6 is 0 Å². The smallest absolute Gasteiger partial charge is 0.247 e. The van der Waals surface area contributed by atoms with Gasteiger partial charge < -0.3 is 9.64 Å². The molecule has 0 unspecified atom stereocenters. The third kappa shape index (κ3) is 6.33. The Morgan fingerprint density at radius 1 is 1.03 bits per heavy atom. The Balaban J connectivity index is 1.57. The van der Waals surface area contributed by atoms with E-state index < -0.39 is 0 Å². The molecule has 0 aliphatic carbocycles. The molecule has 3 aromatic rings. The molecule has 5 heteroatoms. The Morgan fingerprint density at radius 3 is 2.48 bits per heavy atom. The van der Waals surface area contributed by atoms with Crippen molar-refractivity contribution in [3.05, 3.63) is 102 Å². The van der Waals surface area contributed by atoms with Gasteiger partial charge in [-0.15, -0.1) is 0 Å². The summed E-state index contributed by atoms with van der Waals surface area (Å²) in [5, 5.41) is 9.03. The van der Waals surface area contributed by atoms with E-state index >= 15 is 0 Å². The number of nitriles is 1. The Bertz CT molecular complexity index is 978. The van der Waals surface area contributed by atoms with Crippen LogP contribution in [0.1, 0.15) is 16.8 Å². The second kappa shape index (κ2) is 10.4. The predicted molar refractivity (Wildman–Crippen MR) is 112 cm³/mol. The standard InChI is InChI=1S/C24H21N3O2/c25-15-17-27(18-21-6-2-1-3-7-21)24(28)14-11-20-9-12-23(13-10-20)29-19-22-8-4-5-16-26-22/h1-14,16H,17-19H2. The van der Waals surface area contributed by atoms with E-state index in [1.807, 2.05) is 72.8 Å². The second-order valence-corrected chi connectivity index (χ2v) is 6.35. The number of nitrogens with zero attached hydrogens (tertiary/aromatic N) is 3. The monoisotopic (exact) mass is 383 g/mol. The summed E-state index contributed by atoms with van der Waals surface area (Å²) in [5.74, 6) is 0.528. The van der Waals surface area contributed by atoms with Crippen molar-refractivity contribution in [2.24, 2.45) is 0 Å². The highest BCUT2D eigenvalue weighted by Gasteiger charge is 2.10. The van der Waals surface area contributed by atoms with Gasteiger partial charge in [0.1, 0.15) is 18.9 Å². The molecule has 0 aliphatic rings. The van der Waals surface area contributed by atoms with Crippen molar-refractivity contribution >= 4 is 12.0 Å². The molecule has 5 nitrogen and oxygen atoms in total. The van der Waals surface area contributed by atoms with Crippen LogP contribution in [0.4, 0.5) is 0 Å². The van der Waals surface area contributed by atoms with Crippen LogP contribution in [-0.4, -0.2) is 22.3 Å². The predicted octanol–water partition coefficient (Wildman–Crippen LogP) is 4.23. The van der Waals surface area contributed by atoms with Crippen molar-refractivity contribution in [2.75, 3.05) is 6.54 Å². The quantitative estimate of drug-likeness (QED) is 0.431. The van der Waals surface area contributed by atoms with Crippen LogP contribution in [0, 0.1) is 11.3 Å². The largest absolute Gasteiger partial charge is 0.487 e. The zero-order chi connectivity index (χ0) is 20.3. The molecule has 144 valence electrons. The Labute approximate surface area is 170 Å². The van der Waals surface area contributed by atoms with E-state index in [2.05, 4.69) is 11.1 Å². The van der Waals surface area contributed by atoms with Gasteiger partial charge in [0, 0.05) is 18.8 Å². The maximum Gasteiger partial charge on any atom is 0.247 e. The molecule has 0 N–H and O–H groups in total. The summed E-state index contributed by atoms with van der Waals surface area (Å²) in [6.45, 7) is 0.841. The van der Waals surface area contributed by atoms with Gasteiger partial charge in [-0.3, -0.25) is 9.78 Å². The molecule has 0 saturated carbocycles. The molecule has 1 aromatic heterocycles. The SMILES string of the molecule is N#CCN(Cc1ccccc1)C(=O)C=Cc1ccc(OCc2ccccn2)cc1. The number of hydrogen-bond acceptors (Lipinski definition) is 4. The van der Waals surface area contributed by atoms with Gasteiger partial charge in [0.15, 0.2) is 0 Å². The number of hydrogen-bond donors (Lipinski definition) is 0. The summed E-state index contributed by atoms with van der Waals surface area (Å²) in [4.78, 5) is 18.2. The molecule has 0 fully saturated rings. The third-order valence-corrected chi connectivity index (χ3v) is 4.20. The fraction of sp³-hybridized carbons (Fsp3) is 0.125. The molecule has 0 bridgehead atoms. The van der Waals surface area contributed by atoms with Gasteiger partial charge in [-0.25, -0.2) is 0 Å². The number of amides is 1. The highest BCUT2D eigenvalue weighted by molar-refractivity contribution is 5.91. The molecule has 0 atom stereocenters. The van der Waals surface area contributed by atoms with Gasteiger partial charge in [-0.2, -0.15) is 5.26 Å². The number of benzene rings is 2. The molecule has 29 heavy (non-hydrogen) atoms. The molecule has 1 heterocycles. The summed E-state index contributed by atoms with van der Waals surface area (Å²) in [5.41, 5.74) is 2.72. The van der Waals surface area contributed by atoms with Crippen molar-refractivity contribution in [2.45, 2.75) is 13.2 Å². The van der Waals surface area contributed by atoms with Crippen LogP contribution in [0.3, 0.4) is 0 Å². The Kier molecular flexibility index (Phi) is 7.14. The molecule has 0 spiro atoms. The van der Waals surface area contributed by atoms with Crippen LogP contribution < -0.4 is 4.74 Å². The molecule has 0 radical (unpaired) electrons. The number of ether oxygens (including phenoxy) is 1. The van der Waals surface area contributed by atoms with Crippen LogP contribution in [0.15, 0.2) is 85.1 Å². The molecule has 2 aromatic carbocycles. The van der Waals surface area contributed by atoms with E-state index in [9.17, 15) is 4.79 Å². The number of carbonyl (C=O) groups excluding carboxylic acids is 1. The van der Waals surface area contributed by atoms with E-state index in [-0.39, 0.29) is 12.5 Å². The Morgan fingerprint density at radius 2 is 1.79 bits per heavy atom. The molecule has 1 amide bonds. The lowest BCUT2D eigenvalue weighted by Crippen LogP contribution is -2.29. The molecule has 0 aliphatic heterocycles. The lowest BCUT2D eigenvalue weighted by atomic mass is 10.2. The first-order chi connectivity index (χ1) is 14.2. The van der Waals surface area contributed by atoms with Gasteiger partial charge in [-0.05, 0) is 41.5 Å². The first kappa shape index (κ1) is 19.8. The lowest BCUT2D eigenvalue weighted by molar-refractivity contribution is -0.125. The van der Waals surface area contributed by atoms with Crippen LogP contribution in [0.25, 0.3) is 6.08 Å². The van der Waals surface area contributed by atoms with Crippen molar-refractivity contribution in [1.29, 1.82) is 5.26 Å². The molecule has 3 rings (SSSR count). The average molecular weight is 383 g/mol. The van der Waals surface area contributed by atoms with E-state index in [1.54, 1.807) is 12.3 Å². The zero-order valence-corrected chi connectivity index (χ0v) is 15.9. The number of aromatic nitrogens is 1. The highest BCUT2D eigenvalue weighted by atomic mass is 16.5. The van der Waals surface area contributed by atoms with Crippen molar-refractivity contribution in [3.8, 4) is 11.8 Å². The van der Waals surface area contributed by atoms with Crippen LogP contribution in [-0.2, 0) is 17.9 Å². The van der Waals surface area contributed by atoms with E-state index in [1.165, 1.54) is 11.0 Å². The zero-order valence-electron chi connectivity index (χ0n) is 15.9. The fourth-order valence-corrected chi connectivity index (χ4v) is 2.69. The maximum absolute atomic E-state index is 12.5. The highest BCUT2D eigenvalue weighted by Crippen LogP contribution is 2.15. The summed E-state index contributed by atoms with van der Waals surface area (Å²) in [6.07, 6.45) is 4.96. The number of carbonyl (C=O) groups is 1. The molecule has 0 saturated heterocycles. The minimum atomic E-state index is -0.203. The van der Waals surface area contributed by atoms with E-state index in [0.29, 0.717) is 13.2 Å². The lowest BCUT2D eigenvalue weighted by Gasteiger charge is -2.17. The van der Waals surface area contributed by atoms with E-state index in [0.717, 1.165) is 22.6 Å². The summed E-state index contributed by atoms with van der Waals surface area (Å²) in [6, 6.07) is 24.8. The number of pyridine rings is 1. The van der Waals surface area contributed by atoms with Gasteiger partial charge in [0.25, 0.3) is 0 Å². The van der Waals surface area contributed by atoms with Crippen molar-refractivity contribution in [1.82, 2.24) is 9.88 Å². The summed E-state index contributed by atoms with van der Waals surface area (Å²) >= 11 is 0. The topological polar surface area (TPSA) is 66.2 Å². The number of rotatable bonds is 8. The maximum atomic E-state index is 12.5. The van der Waals surface area contributed by atoms with Gasteiger partial charge in [0.2, 0.25) is 5.91 Å².